The van der Waals surface area contributed by atoms with Gasteiger partial charge in [-0.25, -0.2) is 0 Å². The number of furan rings is 1. The Morgan fingerprint density at radius 2 is 2.06 bits per heavy atom. The highest BCUT2D eigenvalue weighted by atomic mass is 16.5. The molecule has 2 rings (SSSR count). The monoisotopic (exact) mass is 235 g/mol. The van der Waals surface area contributed by atoms with Crippen LogP contribution in [0.2, 0.25) is 0 Å². The van der Waals surface area contributed by atoms with Gasteiger partial charge in [0, 0.05) is 0 Å². The Morgan fingerprint density at radius 1 is 1.35 bits per heavy atom. The molecule has 0 saturated carbocycles. The van der Waals surface area contributed by atoms with E-state index in [-0.39, 0.29) is 11.5 Å². The van der Waals surface area contributed by atoms with Crippen molar-refractivity contribution in [1.29, 1.82) is 0 Å². The average Bonchev–Trinajstić information content (AvgIpc) is 2.83. The van der Waals surface area contributed by atoms with Crippen LogP contribution in [0.15, 0.2) is 21.3 Å². The lowest BCUT2D eigenvalue weighted by Crippen LogP contribution is -2.27. The van der Waals surface area contributed by atoms with Crippen LogP contribution >= 0.6 is 0 Å². The third-order valence-corrected chi connectivity index (χ3v) is 2.74. The van der Waals surface area contributed by atoms with Crippen molar-refractivity contribution in [3.8, 4) is 11.5 Å². The first-order chi connectivity index (χ1) is 7.89. The van der Waals surface area contributed by atoms with Crippen LogP contribution in [0, 0.1) is 12.3 Å². The number of hydrogen-bond donors (Lipinski definition) is 1. The number of aromatic nitrogens is 2. The molecule has 0 aromatic carbocycles. The molecule has 0 spiro atoms. The fourth-order valence-corrected chi connectivity index (χ4v) is 1.46. The first-order valence-corrected chi connectivity index (χ1v) is 5.53. The van der Waals surface area contributed by atoms with E-state index in [2.05, 4.69) is 10.1 Å². The highest BCUT2D eigenvalue weighted by Crippen LogP contribution is 2.30. The predicted molar refractivity (Wildman–Crippen MR) is 63.1 cm³/mol. The Balaban J connectivity index is 2.31. The van der Waals surface area contributed by atoms with Crippen molar-refractivity contribution in [3.05, 3.63) is 23.9 Å². The fraction of sp³-hybridized carbons (Fsp3) is 0.500. The zero-order valence-corrected chi connectivity index (χ0v) is 10.5. The Hall–Kier alpha value is -1.62. The molecule has 0 radical (unpaired) electrons. The molecule has 2 aromatic rings. The highest BCUT2D eigenvalue weighted by molar-refractivity contribution is 5.54. The van der Waals surface area contributed by atoms with E-state index in [1.807, 2.05) is 27.7 Å². The lowest BCUT2D eigenvalue weighted by atomic mass is 9.87. The fourth-order valence-electron chi connectivity index (χ4n) is 1.46. The van der Waals surface area contributed by atoms with E-state index in [1.54, 1.807) is 12.3 Å². The van der Waals surface area contributed by atoms with Crippen molar-refractivity contribution >= 4 is 0 Å². The summed E-state index contributed by atoms with van der Waals surface area (Å²) in [7, 11) is 0. The van der Waals surface area contributed by atoms with Gasteiger partial charge in [0.1, 0.15) is 5.76 Å². The van der Waals surface area contributed by atoms with Gasteiger partial charge in [-0.1, -0.05) is 25.9 Å². The van der Waals surface area contributed by atoms with Gasteiger partial charge in [-0.15, -0.1) is 0 Å². The van der Waals surface area contributed by atoms with E-state index in [1.165, 1.54) is 0 Å². The van der Waals surface area contributed by atoms with E-state index in [9.17, 15) is 0 Å². The van der Waals surface area contributed by atoms with Crippen molar-refractivity contribution in [2.24, 2.45) is 11.1 Å². The number of aryl methyl sites for hydroxylation is 1. The standard InChI is InChI=1S/C12H17N3O2/c1-7-8(5-6-16-7)11-14-10(15-17-11)9(13)12(2,3)4/h5-6,9H,13H2,1-4H3. The molecule has 17 heavy (non-hydrogen) atoms. The molecular formula is C12H17N3O2. The minimum Gasteiger partial charge on any atom is -0.469 e. The van der Waals surface area contributed by atoms with E-state index in [4.69, 9.17) is 14.7 Å². The van der Waals surface area contributed by atoms with Crippen LogP contribution in [-0.4, -0.2) is 10.1 Å². The molecule has 2 aromatic heterocycles. The summed E-state index contributed by atoms with van der Waals surface area (Å²) in [6.45, 7) is 7.97. The maximum Gasteiger partial charge on any atom is 0.261 e. The number of rotatable bonds is 2. The van der Waals surface area contributed by atoms with Crippen molar-refractivity contribution in [3.63, 3.8) is 0 Å². The molecular weight excluding hydrogens is 218 g/mol. The zero-order valence-electron chi connectivity index (χ0n) is 10.5. The average molecular weight is 235 g/mol. The van der Waals surface area contributed by atoms with E-state index in [0.717, 1.165) is 11.3 Å². The van der Waals surface area contributed by atoms with E-state index >= 15 is 0 Å². The molecule has 0 aliphatic carbocycles. The van der Waals surface area contributed by atoms with Gasteiger partial charge in [0.15, 0.2) is 5.82 Å². The minimum atomic E-state index is -0.257. The maximum atomic E-state index is 6.07. The normalized spacial score (nSPS) is 13.9. The summed E-state index contributed by atoms with van der Waals surface area (Å²) in [5.74, 6) is 1.73. The van der Waals surface area contributed by atoms with Crippen LogP contribution in [0.3, 0.4) is 0 Å². The number of nitrogens with two attached hydrogens (primary N) is 1. The molecule has 0 aliphatic heterocycles. The zero-order chi connectivity index (χ0) is 12.6. The molecule has 0 saturated heterocycles. The quantitative estimate of drug-likeness (QED) is 0.865. The Morgan fingerprint density at radius 3 is 2.59 bits per heavy atom. The lowest BCUT2D eigenvalue weighted by molar-refractivity contribution is 0.303. The van der Waals surface area contributed by atoms with Gasteiger partial charge in [0.25, 0.3) is 5.89 Å². The summed E-state index contributed by atoms with van der Waals surface area (Å²) in [6, 6.07) is 1.54. The van der Waals surface area contributed by atoms with Gasteiger partial charge in [-0.05, 0) is 18.4 Å². The molecule has 5 nitrogen and oxygen atoms in total. The third-order valence-electron chi connectivity index (χ3n) is 2.74. The first kappa shape index (κ1) is 11.9. The number of hydrogen-bond acceptors (Lipinski definition) is 5. The topological polar surface area (TPSA) is 78.1 Å². The molecule has 0 amide bonds. The number of nitrogens with zero attached hydrogens (tertiary/aromatic N) is 2. The summed E-state index contributed by atoms with van der Waals surface area (Å²) >= 11 is 0. The summed E-state index contributed by atoms with van der Waals surface area (Å²) in [5, 5.41) is 3.93. The molecule has 0 bridgehead atoms. The molecule has 2 heterocycles. The van der Waals surface area contributed by atoms with Crippen LogP contribution in [0.25, 0.3) is 11.5 Å². The van der Waals surface area contributed by atoms with E-state index in [0.29, 0.717) is 11.7 Å². The van der Waals surface area contributed by atoms with Crippen molar-refractivity contribution in [2.45, 2.75) is 33.7 Å². The second-order valence-corrected chi connectivity index (χ2v) is 5.19. The Bertz CT molecular complexity index is 508. The van der Waals surface area contributed by atoms with Crippen LogP contribution in [0.5, 0.6) is 0 Å². The minimum absolute atomic E-state index is 0.105. The molecule has 5 heteroatoms. The molecule has 2 N–H and O–H groups in total. The van der Waals surface area contributed by atoms with Crippen LogP contribution < -0.4 is 5.73 Å². The van der Waals surface area contributed by atoms with Gasteiger partial charge in [-0.3, -0.25) is 0 Å². The first-order valence-electron chi connectivity index (χ1n) is 5.53. The summed E-state index contributed by atoms with van der Waals surface area (Å²) < 4.78 is 10.4. The van der Waals surface area contributed by atoms with Crippen molar-refractivity contribution < 1.29 is 8.94 Å². The van der Waals surface area contributed by atoms with Crippen molar-refractivity contribution in [1.82, 2.24) is 10.1 Å². The molecule has 1 atom stereocenters. The van der Waals surface area contributed by atoms with E-state index < -0.39 is 0 Å². The second-order valence-electron chi connectivity index (χ2n) is 5.19. The van der Waals surface area contributed by atoms with Crippen molar-refractivity contribution in [2.75, 3.05) is 0 Å². The van der Waals surface area contributed by atoms with Gasteiger partial charge in [0.2, 0.25) is 0 Å². The van der Waals surface area contributed by atoms with Crippen LogP contribution in [0.4, 0.5) is 0 Å². The largest absolute Gasteiger partial charge is 0.469 e. The SMILES string of the molecule is Cc1occc1-c1nc(C(N)C(C)(C)C)no1. The smallest absolute Gasteiger partial charge is 0.261 e. The molecule has 0 aliphatic rings. The Kier molecular flexibility index (Phi) is 2.79. The van der Waals surface area contributed by atoms with Gasteiger partial charge in [0.05, 0.1) is 17.9 Å². The summed E-state index contributed by atoms with van der Waals surface area (Å²) in [4.78, 5) is 4.32. The molecule has 0 fully saturated rings. The lowest BCUT2D eigenvalue weighted by Gasteiger charge is -2.23. The van der Waals surface area contributed by atoms with Crippen LogP contribution in [-0.2, 0) is 0 Å². The predicted octanol–water partition coefficient (Wildman–Crippen LogP) is 2.68. The Labute approximate surface area is 100.0 Å². The molecule has 1 unspecified atom stereocenters. The third kappa shape index (κ3) is 2.24. The highest BCUT2D eigenvalue weighted by Gasteiger charge is 2.27. The van der Waals surface area contributed by atoms with Crippen LogP contribution in [0.1, 0.15) is 38.4 Å². The van der Waals surface area contributed by atoms with Gasteiger partial charge < -0.3 is 14.7 Å². The maximum absolute atomic E-state index is 6.07. The molecule has 92 valence electrons. The van der Waals surface area contributed by atoms with Gasteiger partial charge in [-0.2, -0.15) is 4.98 Å². The second kappa shape index (κ2) is 4.00. The van der Waals surface area contributed by atoms with Gasteiger partial charge >= 0.3 is 0 Å². The summed E-state index contributed by atoms with van der Waals surface area (Å²) in [6.07, 6.45) is 1.60. The summed E-state index contributed by atoms with van der Waals surface area (Å²) in [5.41, 5.74) is 6.77.